The summed E-state index contributed by atoms with van der Waals surface area (Å²) in [7, 11) is 3.18. The highest BCUT2D eigenvalue weighted by Gasteiger charge is 2.06. The molecule has 3 N–H and O–H groups in total. The van der Waals surface area contributed by atoms with E-state index in [-0.39, 0.29) is 0 Å². The Morgan fingerprint density at radius 1 is 1.16 bits per heavy atom. The van der Waals surface area contributed by atoms with Crippen molar-refractivity contribution in [2.24, 2.45) is 10.7 Å². The normalized spacial score (nSPS) is 11.5. The summed E-state index contributed by atoms with van der Waals surface area (Å²) in [5.41, 5.74) is 7.53. The quantitative estimate of drug-likeness (QED) is 0.523. The number of pyridine rings is 1. The van der Waals surface area contributed by atoms with Crippen LogP contribution in [0.2, 0.25) is 0 Å². The van der Waals surface area contributed by atoms with Crippen LogP contribution in [0.1, 0.15) is 5.82 Å². The van der Waals surface area contributed by atoms with Crippen LogP contribution in [-0.2, 0) is 6.42 Å². The molecule has 2 aromatic heterocycles. The van der Waals surface area contributed by atoms with Gasteiger partial charge in [0.15, 0.2) is 23.1 Å². The molecule has 0 atom stereocenters. The van der Waals surface area contributed by atoms with Crippen molar-refractivity contribution in [3.63, 3.8) is 0 Å². The van der Waals surface area contributed by atoms with Crippen molar-refractivity contribution in [2.45, 2.75) is 6.42 Å². The molecule has 2 heterocycles. The fourth-order valence-electron chi connectivity index (χ4n) is 2.44. The lowest BCUT2D eigenvalue weighted by atomic mass is 10.3. The molecule has 25 heavy (non-hydrogen) atoms. The molecule has 0 amide bonds. The van der Waals surface area contributed by atoms with Gasteiger partial charge in [0.1, 0.15) is 5.82 Å². The molecule has 3 aromatic rings. The lowest BCUT2D eigenvalue weighted by Gasteiger charge is -2.10. The van der Waals surface area contributed by atoms with Gasteiger partial charge in [0.05, 0.1) is 14.2 Å². The molecule has 0 aliphatic rings. The summed E-state index contributed by atoms with van der Waals surface area (Å²) in [6.45, 7) is 0.502. The van der Waals surface area contributed by atoms with Crippen LogP contribution in [-0.4, -0.2) is 41.3 Å². The molecule has 0 bridgehead atoms. The number of guanidine groups is 1. The van der Waals surface area contributed by atoms with E-state index in [0.717, 1.165) is 17.2 Å². The Kier molecular flexibility index (Phi) is 4.98. The van der Waals surface area contributed by atoms with Gasteiger partial charge in [-0.3, -0.25) is 9.39 Å². The third-order valence-corrected chi connectivity index (χ3v) is 3.66. The maximum atomic E-state index is 5.94. The van der Waals surface area contributed by atoms with Crippen molar-refractivity contribution < 1.29 is 9.47 Å². The number of nitrogens with two attached hydrogens (primary N) is 1. The number of nitrogens with one attached hydrogen (secondary N) is 1. The highest BCUT2D eigenvalue weighted by atomic mass is 16.5. The smallest absolute Gasteiger partial charge is 0.193 e. The van der Waals surface area contributed by atoms with Crippen LogP contribution in [0.15, 0.2) is 47.6 Å². The van der Waals surface area contributed by atoms with Crippen LogP contribution >= 0.6 is 0 Å². The molecule has 0 saturated carbocycles. The molecule has 0 fully saturated rings. The summed E-state index contributed by atoms with van der Waals surface area (Å²) in [6.07, 6.45) is 2.57. The first-order valence-corrected chi connectivity index (χ1v) is 7.79. The fraction of sp³-hybridized carbons (Fsp3) is 0.235. The van der Waals surface area contributed by atoms with Gasteiger partial charge in [0.2, 0.25) is 0 Å². The minimum Gasteiger partial charge on any atom is -0.493 e. The number of hydrogen-bond acceptors (Lipinski definition) is 5. The topological polar surface area (TPSA) is 99.1 Å². The number of nitrogens with zero attached hydrogens (tertiary/aromatic N) is 4. The molecule has 0 aliphatic carbocycles. The molecule has 8 heteroatoms. The van der Waals surface area contributed by atoms with Crippen LogP contribution < -0.4 is 20.5 Å². The molecular weight excluding hydrogens is 320 g/mol. The minimum atomic E-state index is 0.320. The van der Waals surface area contributed by atoms with Crippen LogP contribution in [0.4, 0.5) is 5.69 Å². The zero-order chi connectivity index (χ0) is 17.6. The molecule has 3 rings (SSSR count). The van der Waals surface area contributed by atoms with Crippen LogP contribution in [0.3, 0.4) is 0 Å². The number of hydrogen-bond donors (Lipinski definition) is 2. The largest absolute Gasteiger partial charge is 0.493 e. The first-order chi connectivity index (χ1) is 12.2. The Morgan fingerprint density at radius 3 is 2.80 bits per heavy atom. The number of anilines is 1. The third-order valence-electron chi connectivity index (χ3n) is 3.66. The number of benzene rings is 1. The van der Waals surface area contributed by atoms with Gasteiger partial charge < -0.3 is 20.5 Å². The van der Waals surface area contributed by atoms with Gasteiger partial charge in [-0.25, -0.2) is 0 Å². The summed E-state index contributed by atoms with van der Waals surface area (Å²) >= 11 is 0. The number of methoxy groups -OCH3 is 2. The van der Waals surface area contributed by atoms with E-state index < -0.39 is 0 Å². The maximum Gasteiger partial charge on any atom is 0.193 e. The van der Waals surface area contributed by atoms with Crippen molar-refractivity contribution in [1.82, 2.24) is 14.6 Å². The van der Waals surface area contributed by atoms with Gasteiger partial charge in [-0.05, 0) is 24.3 Å². The molecule has 8 nitrogen and oxygen atoms in total. The zero-order valence-electron chi connectivity index (χ0n) is 14.1. The van der Waals surface area contributed by atoms with Crippen LogP contribution in [0.5, 0.6) is 11.5 Å². The summed E-state index contributed by atoms with van der Waals surface area (Å²) < 4.78 is 12.4. The summed E-state index contributed by atoms with van der Waals surface area (Å²) in [5.74, 6) is 2.44. The van der Waals surface area contributed by atoms with Crippen molar-refractivity contribution in [2.75, 3.05) is 26.1 Å². The number of fused-ring (bicyclic) bond motifs is 1. The van der Waals surface area contributed by atoms with Gasteiger partial charge in [-0.15, -0.1) is 10.2 Å². The van der Waals surface area contributed by atoms with Gasteiger partial charge in [-0.2, -0.15) is 0 Å². The molecule has 130 valence electrons. The first-order valence-electron chi connectivity index (χ1n) is 7.79. The first kappa shape index (κ1) is 16.6. The lowest BCUT2D eigenvalue weighted by Crippen LogP contribution is -2.23. The predicted octanol–water partition coefficient (Wildman–Crippen LogP) is 1.72. The maximum absolute atomic E-state index is 5.94. The number of ether oxygens (including phenoxy) is 2. The second-order valence-corrected chi connectivity index (χ2v) is 5.26. The van der Waals surface area contributed by atoms with E-state index in [1.54, 1.807) is 26.4 Å². The fourth-order valence-corrected chi connectivity index (χ4v) is 2.44. The highest BCUT2D eigenvalue weighted by Crippen LogP contribution is 2.29. The number of rotatable bonds is 6. The highest BCUT2D eigenvalue weighted by molar-refractivity contribution is 5.92. The van der Waals surface area contributed by atoms with E-state index in [9.17, 15) is 0 Å². The van der Waals surface area contributed by atoms with Gasteiger partial charge in [-0.1, -0.05) is 6.07 Å². The molecular formula is C17H20N6O2. The van der Waals surface area contributed by atoms with Crippen LogP contribution in [0.25, 0.3) is 5.65 Å². The monoisotopic (exact) mass is 340 g/mol. The van der Waals surface area contributed by atoms with Crippen molar-refractivity contribution in [3.05, 3.63) is 48.4 Å². The SMILES string of the molecule is COc1ccc(NC(N)=NCCc2nnc3ccccn23)cc1OC. The lowest BCUT2D eigenvalue weighted by molar-refractivity contribution is 0.355. The van der Waals surface area contributed by atoms with Crippen molar-refractivity contribution in [1.29, 1.82) is 0 Å². The Hall–Kier alpha value is -3.29. The summed E-state index contributed by atoms with van der Waals surface area (Å²) in [6, 6.07) is 11.2. The van der Waals surface area contributed by atoms with Gasteiger partial charge in [0, 0.05) is 30.9 Å². The second-order valence-electron chi connectivity index (χ2n) is 5.26. The molecule has 0 radical (unpaired) electrons. The van der Waals surface area contributed by atoms with Crippen molar-refractivity contribution >= 4 is 17.3 Å². The third kappa shape index (κ3) is 3.79. The number of aliphatic imine (C=N–C) groups is 1. The summed E-state index contributed by atoms with van der Waals surface area (Å²) in [5, 5.41) is 11.3. The van der Waals surface area contributed by atoms with E-state index in [1.165, 1.54) is 0 Å². The van der Waals surface area contributed by atoms with E-state index in [0.29, 0.717) is 30.4 Å². The van der Waals surface area contributed by atoms with Gasteiger partial charge in [0.25, 0.3) is 0 Å². The Balaban J connectivity index is 1.62. The average Bonchev–Trinajstić information content (AvgIpc) is 3.05. The molecule has 0 unspecified atom stereocenters. The predicted molar refractivity (Wildman–Crippen MR) is 96.3 cm³/mol. The molecule has 0 spiro atoms. The minimum absolute atomic E-state index is 0.320. The van der Waals surface area contributed by atoms with E-state index in [4.69, 9.17) is 15.2 Å². The molecule has 1 aromatic carbocycles. The van der Waals surface area contributed by atoms with E-state index >= 15 is 0 Å². The van der Waals surface area contributed by atoms with Crippen LogP contribution in [0, 0.1) is 0 Å². The van der Waals surface area contributed by atoms with Gasteiger partial charge >= 0.3 is 0 Å². The van der Waals surface area contributed by atoms with E-state index in [1.807, 2.05) is 34.9 Å². The Bertz CT molecular complexity index is 890. The summed E-state index contributed by atoms with van der Waals surface area (Å²) in [4.78, 5) is 4.33. The average molecular weight is 340 g/mol. The number of aromatic nitrogens is 3. The molecule has 0 aliphatic heterocycles. The standard InChI is InChI=1S/C17H20N6O2/c1-24-13-7-6-12(11-14(13)25-2)20-17(18)19-9-8-16-22-21-15-5-3-4-10-23(15)16/h3-7,10-11H,8-9H2,1-2H3,(H3,18,19,20). The Labute approximate surface area is 145 Å². The zero-order valence-corrected chi connectivity index (χ0v) is 14.1. The second kappa shape index (κ2) is 7.52. The molecule has 0 saturated heterocycles. The van der Waals surface area contributed by atoms with Crippen molar-refractivity contribution in [3.8, 4) is 11.5 Å². The Morgan fingerprint density at radius 2 is 2.00 bits per heavy atom. The van der Waals surface area contributed by atoms with E-state index in [2.05, 4.69) is 20.5 Å².